The molecule has 0 bridgehead atoms. The highest BCUT2D eigenvalue weighted by Crippen LogP contribution is 2.09. The van der Waals surface area contributed by atoms with Gasteiger partial charge >= 0.3 is 0 Å². The van der Waals surface area contributed by atoms with E-state index in [4.69, 9.17) is 5.73 Å². The van der Waals surface area contributed by atoms with Gasteiger partial charge in [-0.15, -0.1) is 13.2 Å². The van der Waals surface area contributed by atoms with Gasteiger partial charge in [-0.05, 0) is 17.3 Å². The van der Waals surface area contributed by atoms with Crippen LogP contribution in [0.4, 0.5) is 0 Å². The molecule has 0 saturated heterocycles. The molecule has 0 aliphatic heterocycles. The van der Waals surface area contributed by atoms with E-state index in [0.717, 1.165) is 12.1 Å². The first-order valence-corrected chi connectivity index (χ1v) is 6.04. The van der Waals surface area contributed by atoms with Crippen molar-refractivity contribution in [2.24, 2.45) is 5.73 Å². The minimum absolute atomic E-state index is 0.379. The summed E-state index contributed by atoms with van der Waals surface area (Å²) < 4.78 is 0. The monoisotopic (exact) mass is 181 g/mol. The molecule has 12 heavy (non-hydrogen) atoms. The highest BCUT2D eigenvalue weighted by atomic mass is 28.3. The summed E-state index contributed by atoms with van der Waals surface area (Å²) >= 11 is 0. The Balaban J connectivity index is 4.26. The average Bonchev–Trinajstić information content (AvgIpc) is 2.03. The zero-order valence-electron chi connectivity index (χ0n) is 7.25. The van der Waals surface area contributed by atoms with Crippen molar-refractivity contribution in [3.05, 3.63) is 37.1 Å². The molecule has 0 aromatic carbocycles. The van der Waals surface area contributed by atoms with Crippen LogP contribution in [0.3, 0.4) is 0 Å². The number of carbonyl (C=O) groups excluding carboxylic acids is 1. The van der Waals surface area contributed by atoms with Crippen LogP contribution in [0.25, 0.3) is 0 Å². The van der Waals surface area contributed by atoms with E-state index in [1.165, 1.54) is 0 Å². The Hall–Kier alpha value is -1.09. The number of hydrogen-bond acceptors (Lipinski definition) is 1. The number of rotatable bonds is 6. The second kappa shape index (κ2) is 5.54. The predicted octanol–water partition coefficient (Wildman–Crippen LogP) is 1.17. The lowest BCUT2D eigenvalue weighted by atomic mass is 10.6. The second-order valence-electron chi connectivity index (χ2n) is 2.64. The van der Waals surface area contributed by atoms with E-state index in [1.807, 2.05) is 12.2 Å². The van der Waals surface area contributed by atoms with Gasteiger partial charge in [0.25, 0.3) is 0 Å². The molecule has 0 spiro atoms. The molecule has 0 rings (SSSR count). The maximum atomic E-state index is 10.8. The summed E-state index contributed by atoms with van der Waals surface area (Å²) in [6, 6.07) is 1.71. The van der Waals surface area contributed by atoms with E-state index in [-0.39, 0.29) is 5.91 Å². The second-order valence-corrected chi connectivity index (χ2v) is 5.67. The van der Waals surface area contributed by atoms with Crippen LogP contribution in [0.15, 0.2) is 37.1 Å². The summed E-state index contributed by atoms with van der Waals surface area (Å²) in [6.07, 6.45) is 3.63. The van der Waals surface area contributed by atoms with Crippen molar-refractivity contribution in [1.29, 1.82) is 0 Å². The third-order valence-electron chi connectivity index (χ3n) is 1.71. The van der Waals surface area contributed by atoms with E-state index in [9.17, 15) is 4.79 Å². The third-order valence-corrected chi connectivity index (χ3v) is 4.79. The molecule has 1 amide bonds. The predicted molar refractivity (Wildman–Crippen MR) is 55.5 cm³/mol. The van der Waals surface area contributed by atoms with Crippen molar-refractivity contribution in [2.75, 3.05) is 0 Å². The average molecular weight is 181 g/mol. The molecule has 0 heterocycles. The number of hydrogen-bond donors (Lipinski definition) is 1. The standard InChI is InChI=1S/C9H15NOSi/c1-4-6-12(7-5-2)8(3)9(10)11/h4-5,12H,1-3,6-7H2,(H2,10,11). The maximum absolute atomic E-state index is 10.8. The summed E-state index contributed by atoms with van der Waals surface area (Å²) in [5.74, 6) is -0.379. The molecule has 0 aliphatic rings. The van der Waals surface area contributed by atoms with Crippen LogP contribution in [-0.2, 0) is 4.79 Å². The SMILES string of the molecule is C=CC[SiH](CC=C)C(=C)C(N)=O. The molecule has 0 fully saturated rings. The Labute approximate surface area is 75.1 Å². The van der Waals surface area contributed by atoms with E-state index in [1.54, 1.807) is 0 Å². The van der Waals surface area contributed by atoms with Crippen molar-refractivity contribution in [3.8, 4) is 0 Å². The van der Waals surface area contributed by atoms with Gasteiger partial charge in [-0.25, -0.2) is 0 Å². The molecule has 3 heteroatoms. The van der Waals surface area contributed by atoms with Crippen LogP contribution < -0.4 is 5.73 Å². The topological polar surface area (TPSA) is 43.1 Å². The lowest BCUT2D eigenvalue weighted by Gasteiger charge is -2.10. The molecule has 0 unspecified atom stereocenters. The largest absolute Gasteiger partial charge is 0.366 e. The lowest BCUT2D eigenvalue weighted by Crippen LogP contribution is -2.26. The first kappa shape index (κ1) is 10.9. The Morgan fingerprint density at radius 2 is 1.75 bits per heavy atom. The normalized spacial score (nSPS) is 9.42. The molecular formula is C9H15NOSi. The van der Waals surface area contributed by atoms with E-state index in [0.29, 0.717) is 5.20 Å². The Kier molecular flexibility index (Phi) is 5.04. The van der Waals surface area contributed by atoms with Gasteiger partial charge < -0.3 is 5.73 Å². The Morgan fingerprint density at radius 1 is 1.33 bits per heavy atom. The zero-order valence-corrected chi connectivity index (χ0v) is 8.41. The van der Waals surface area contributed by atoms with Crippen LogP contribution in [0.5, 0.6) is 0 Å². The van der Waals surface area contributed by atoms with Crippen molar-refractivity contribution < 1.29 is 4.79 Å². The zero-order chi connectivity index (χ0) is 9.56. The van der Waals surface area contributed by atoms with Gasteiger partial charge in [0, 0.05) is 0 Å². The van der Waals surface area contributed by atoms with Gasteiger partial charge in [0.1, 0.15) is 0 Å². The first-order valence-electron chi connectivity index (χ1n) is 3.83. The summed E-state index contributed by atoms with van der Waals surface area (Å²) in [5.41, 5.74) is 5.13. The highest BCUT2D eigenvalue weighted by Gasteiger charge is 2.15. The smallest absolute Gasteiger partial charge is 0.239 e. The minimum Gasteiger partial charge on any atom is -0.366 e. The number of amides is 1. The van der Waals surface area contributed by atoms with Gasteiger partial charge in [-0.3, -0.25) is 4.79 Å². The summed E-state index contributed by atoms with van der Waals surface area (Å²) in [7, 11) is -1.29. The van der Waals surface area contributed by atoms with Crippen molar-refractivity contribution in [2.45, 2.75) is 12.1 Å². The van der Waals surface area contributed by atoms with Gasteiger partial charge in [-0.2, -0.15) is 0 Å². The van der Waals surface area contributed by atoms with E-state index < -0.39 is 8.80 Å². The molecule has 0 saturated carbocycles. The molecule has 0 aromatic rings. The van der Waals surface area contributed by atoms with E-state index in [2.05, 4.69) is 19.7 Å². The molecule has 0 radical (unpaired) electrons. The van der Waals surface area contributed by atoms with Gasteiger partial charge in [0.05, 0.1) is 8.80 Å². The molecule has 0 aliphatic carbocycles. The quantitative estimate of drug-likeness (QED) is 0.373. The van der Waals surface area contributed by atoms with E-state index >= 15 is 0 Å². The Bertz CT molecular complexity index is 201. The molecule has 2 nitrogen and oxygen atoms in total. The summed E-state index contributed by atoms with van der Waals surface area (Å²) in [4.78, 5) is 10.8. The van der Waals surface area contributed by atoms with Crippen LogP contribution in [0.2, 0.25) is 12.1 Å². The molecule has 66 valence electrons. The Morgan fingerprint density at radius 3 is 2.00 bits per heavy atom. The van der Waals surface area contributed by atoms with Crippen LogP contribution >= 0.6 is 0 Å². The van der Waals surface area contributed by atoms with Gasteiger partial charge in [0.15, 0.2) is 0 Å². The fourth-order valence-corrected chi connectivity index (χ4v) is 2.95. The minimum atomic E-state index is -1.29. The molecule has 2 N–H and O–H groups in total. The fourth-order valence-electron chi connectivity index (χ4n) is 0.984. The maximum Gasteiger partial charge on any atom is 0.239 e. The number of allylic oxidation sites excluding steroid dienone is 2. The van der Waals surface area contributed by atoms with Crippen LogP contribution in [0, 0.1) is 0 Å². The number of carbonyl (C=O) groups is 1. The number of primary amides is 1. The van der Waals surface area contributed by atoms with Crippen molar-refractivity contribution >= 4 is 14.7 Å². The molecule has 0 aromatic heterocycles. The van der Waals surface area contributed by atoms with Crippen molar-refractivity contribution in [1.82, 2.24) is 0 Å². The molecular weight excluding hydrogens is 166 g/mol. The first-order chi connectivity index (χ1) is 5.63. The third kappa shape index (κ3) is 3.34. The fraction of sp³-hybridized carbons (Fsp3) is 0.222. The van der Waals surface area contributed by atoms with Gasteiger partial charge in [0.2, 0.25) is 5.91 Å². The highest BCUT2D eigenvalue weighted by molar-refractivity contribution is 6.72. The van der Waals surface area contributed by atoms with Crippen LogP contribution in [-0.4, -0.2) is 14.7 Å². The summed E-state index contributed by atoms with van der Waals surface area (Å²) in [6.45, 7) is 10.9. The lowest BCUT2D eigenvalue weighted by molar-refractivity contribution is -0.114. The summed E-state index contributed by atoms with van der Waals surface area (Å²) in [5, 5.41) is 0.592. The van der Waals surface area contributed by atoms with Crippen LogP contribution in [0.1, 0.15) is 0 Å². The van der Waals surface area contributed by atoms with Gasteiger partial charge in [-0.1, -0.05) is 18.7 Å². The van der Waals surface area contributed by atoms with Crippen molar-refractivity contribution in [3.63, 3.8) is 0 Å². The molecule has 0 atom stereocenters. The number of nitrogens with two attached hydrogens (primary N) is 1.